The lowest BCUT2D eigenvalue weighted by Gasteiger charge is -2.29. The Kier molecular flexibility index (Phi) is 6.05. The predicted octanol–water partition coefficient (Wildman–Crippen LogP) is 3.03. The first-order valence-corrected chi connectivity index (χ1v) is 9.57. The van der Waals surface area contributed by atoms with Gasteiger partial charge in [-0.3, -0.25) is 20.0 Å². The Morgan fingerprint density at radius 2 is 2.26 bits per heavy atom. The highest BCUT2D eigenvalue weighted by Gasteiger charge is 2.31. The quantitative estimate of drug-likeness (QED) is 0.569. The van der Waals surface area contributed by atoms with Gasteiger partial charge in [-0.25, -0.2) is 5.48 Å². The molecule has 0 radical (unpaired) electrons. The molecule has 0 aromatic carbocycles. The van der Waals surface area contributed by atoms with E-state index in [2.05, 4.69) is 46.7 Å². The second-order valence-electron chi connectivity index (χ2n) is 7.33. The lowest BCUT2D eigenvalue weighted by Crippen LogP contribution is -2.29. The van der Waals surface area contributed by atoms with Crippen molar-refractivity contribution in [1.82, 2.24) is 15.1 Å². The number of aliphatic imine (C=N–C) groups is 1. The van der Waals surface area contributed by atoms with Gasteiger partial charge in [0.1, 0.15) is 0 Å². The maximum Gasteiger partial charge on any atom is 0.247 e. The maximum absolute atomic E-state index is 11.2. The number of nitrogens with one attached hydrogen (secondary N) is 1. The Hall–Kier alpha value is -2.48. The summed E-state index contributed by atoms with van der Waals surface area (Å²) in [5.41, 5.74) is 6.19. The third-order valence-electron chi connectivity index (χ3n) is 4.94. The van der Waals surface area contributed by atoms with Crippen molar-refractivity contribution >= 4 is 12.1 Å². The Labute approximate surface area is 159 Å². The molecule has 2 aliphatic heterocycles. The lowest BCUT2D eigenvalue weighted by atomic mass is 9.99. The molecule has 3 heterocycles. The van der Waals surface area contributed by atoms with Crippen molar-refractivity contribution in [2.24, 2.45) is 21.2 Å². The molecule has 0 saturated heterocycles. The van der Waals surface area contributed by atoms with E-state index in [9.17, 15) is 4.79 Å². The van der Waals surface area contributed by atoms with Crippen molar-refractivity contribution in [2.75, 3.05) is 13.1 Å². The first-order valence-electron chi connectivity index (χ1n) is 9.57. The van der Waals surface area contributed by atoms with Crippen LogP contribution in [0.3, 0.4) is 0 Å². The first kappa shape index (κ1) is 19.3. The third-order valence-corrected chi connectivity index (χ3v) is 4.94. The standard InChI is InChI=1S/C19H28N6O2/c1-4-9-24-16(10-14-7-8-20-11-17(14)24)19(13(2)3)25-12-15(21-23-25)5-6-18(26)22-27/h5,10-11,13,19,27H,4,6-9,12H2,1-3H3,(H,22,26)/b15-5-. The summed E-state index contributed by atoms with van der Waals surface area (Å²) in [5.74, 6) is -0.117. The summed E-state index contributed by atoms with van der Waals surface area (Å²) in [6.07, 6.45) is 5.82. The van der Waals surface area contributed by atoms with Crippen LogP contribution in [0.5, 0.6) is 0 Å². The molecular weight excluding hydrogens is 344 g/mol. The van der Waals surface area contributed by atoms with E-state index in [1.54, 1.807) is 11.6 Å². The second kappa shape index (κ2) is 8.47. The zero-order valence-electron chi connectivity index (χ0n) is 16.2. The van der Waals surface area contributed by atoms with Crippen LogP contribution in [0.25, 0.3) is 0 Å². The third kappa shape index (κ3) is 4.10. The molecule has 0 fully saturated rings. The fourth-order valence-corrected chi connectivity index (χ4v) is 3.75. The summed E-state index contributed by atoms with van der Waals surface area (Å²) in [7, 11) is 0. The summed E-state index contributed by atoms with van der Waals surface area (Å²) in [5, 5.41) is 19.2. The molecule has 3 rings (SSSR count). The Bertz CT molecular complexity index is 777. The molecule has 0 spiro atoms. The number of aromatic nitrogens is 1. The van der Waals surface area contributed by atoms with Crippen LogP contribution in [0.2, 0.25) is 0 Å². The van der Waals surface area contributed by atoms with E-state index in [-0.39, 0.29) is 12.5 Å². The number of rotatable bonds is 7. The number of carbonyl (C=O) groups excluding carboxylic acids is 1. The van der Waals surface area contributed by atoms with Crippen LogP contribution in [-0.2, 0) is 17.8 Å². The zero-order valence-corrected chi connectivity index (χ0v) is 16.2. The van der Waals surface area contributed by atoms with Crippen LogP contribution >= 0.6 is 0 Å². The van der Waals surface area contributed by atoms with Crippen LogP contribution in [0.1, 0.15) is 56.6 Å². The van der Waals surface area contributed by atoms with Crippen LogP contribution in [0.15, 0.2) is 33.2 Å². The van der Waals surface area contributed by atoms with E-state index in [1.807, 2.05) is 11.2 Å². The van der Waals surface area contributed by atoms with Gasteiger partial charge in [0.05, 0.1) is 24.0 Å². The van der Waals surface area contributed by atoms with Crippen molar-refractivity contribution in [3.05, 3.63) is 34.8 Å². The minimum absolute atomic E-state index is 0.0853. The second-order valence-corrected chi connectivity index (χ2v) is 7.33. The fourth-order valence-electron chi connectivity index (χ4n) is 3.75. The molecule has 1 aromatic rings. The van der Waals surface area contributed by atoms with Crippen LogP contribution in [-0.4, -0.2) is 40.0 Å². The maximum atomic E-state index is 11.2. The number of hydrogen-bond donors (Lipinski definition) is 2. The highest BCUT2D eigenvalue weighted by atomic mass is 16.5. The van der Waals surface area contributed by atoms with Crippen molar-refractivity contribution in [2.45, 2.75) is 52.6 Å². The summed E-state index contributed by atoms with van der Waals surface area (Å²) in [6, 6.07) is 2.40. The number of nitrogens with zero attached hydrogens (tertiary/aromatic N) is 5. The number of fused-ring (bicyclic) bond motifs is 1. The van der Waals surface area contributed by atoms with Gasteiger partial charge in [-0.1, -0.05) is 26.0 Å². The fraction of sp³-hybridized carbons (Fsp3) is 0.579. The first-order chi connectivity index (χ1) is 13.0. The molecule has 0 aliphatic carbocycles. The number of carbonyl (C=O) groups is 1. The Morgan fingerprint density at radius 3 is 2.96 bits per heavy atom. The van der Waals surface area contributed by atoms with Gasteiger partial charge in [-0.05, 0) is 36.5 Å². The van der Waals surface area contributed by atoms with Gasteiger partial charge in [0.15, 0.2) is 0 Å². The molecule has 1 unspecified atom stereocenters. The summed E-state index contributed by atoms with van der Waals surface area (Å²) >= 11 is 0. The van der Waals surface area contributed by atoms with E-state index < -0.39 is 5.91 Å². The van der Waals surface area contributed by atoms with Crippen LogP contribution in [0.4, 0.5) is 0 Å². The van der Waals surface area contributed by atoms with Crippen LogP contribution < -0.4 is 5.48 Å². The SMILES string of the molecule is CCCn1c(C(C(C)C)N2C/C(=C/CC(=O)NO)N=N2)cc2c1C=NCC2. The van der Waals surface area contributed by atoms with Gasteiger partial charge in [0, 0.05) is 31.4 Å². The molecule has 2 N–H and O–H groups in total. The highest BCUT2D eigenvalue weighted by Crippen LogP contribution is 2.35. The lowest BCUT2D eigenvalue weighted by molar-refractivity contribution is -0.128. The van der Waals surface area contributed by atoms with E-state index in [0.29, 0.717) is 12.5 Å². The predicted molar refractivity (Wildman–Crippen MR) is 103 cm³/mol. The van der Waals surface area contributed by atoms with Crippen molar-refractivity contribution in [3.8, 4) is 0 Å². The van der Waals surface area contributed by atoms with Gasteiger partial charge in [0.25, 0.3) is 0 Å². The van der Waals surface area contributed by atoms with Gasteiger partial charge in [-0.2, -0.15) is 0 Å². The van der Waals surface area contributed by atoms with Crippen molar-refractivity contribution in [1.29, 1.82) is 0 Å². The minimum atomic E-state index is -0.458. The average molecular weight is 372 g/mol. The number of amides is 1. The summed E-state index contributed by atoms with van der Waals surface area (Å²) < 4.78 is 2.37. The smallest absolute Gasteiger partial charge is 0.247 e. The zero-order chi connectivity index (χ0) is 19.4. The summed E-state index contributed by atoms with van der Waals surface area (Å²) in [6.45, 7) is 8.91. The molecule has 8 heteroatoms. The summed E-state index contributed by atoms with van der Waals surface area (Å²) in [4.78, 5) is 15.7. The largest absolute Gasteiger partial charge is 0.342 e. The molecule has 0 bridgehead atoms. The Balaban J connectivity index is 1.87. The molecule has 8 nitrogen and oxygen atoms in total. The van der Waals surface area contributed by atoms with Gasteiger partial charge in [0.2, 0.25) is 5.91 Å². The molecule has 0 saturated carbocycles. The number of hydroxylamine groups is 1. The van der Waals surface area contributed by atoms with Gasteiger partial charge >= 0.3 is 0 Å². The molecule has 27 heavy (non-hydrogen) atoms. The minimum Gasteiger partial charge on any atom is -0.342 e. The van der Waals surface area contributed by atoms with Gasteiger partial charge in [-0.15, -0.1) is 5.11 Å². The highest BCUT2D eigenvalue weighted by molar-refractivity contribution is 5.81. The average Bonchev–Trinajstić information content (AvgIpc) is 3.26. The van der Waals surface area contributed by atoms with E-state index in [1.165, 1.54) is 17.0 Å². The number of hydrogen-bond acceptors (Lipinski definition) is 6. The molecule has 146 valence electrons. The normalized spacial score (nSPS) is 18.4. The Morgan fingerprint density at radius 1 is 1.44 bits per heavy atom. The van der Waals surface area contributed by atoms with E-state index in [0.717, 1.165) is 31.6 Å². The molecule has 2 aliphatic rings. The van der Waals surface area contributed by atoms with Gasteiger partial charge < -0.3 is 4.57 Å². The van der Waals surface area contributed by atoms with E-state index in [4.69, 9.17) is 5.21 Å². The van der Waals surface area contributed by atoms with Crippen molar-refractivity contribution < 1.29 is 10.0 Å². The topological polar surface area (TPSA) is 94.6 Å². The van der Waals surface area contributed by atoms with E-state index >= 15 is 0 Å². The monoisotopic (exact) mass is 372 g/mol. The van der Waals surface area contributed by atoms with Crippen molar-refractivity contribution in [3.63, 3.8) is 0 Å². The molecule has 1 atom stereocenters. The molecule has 1 aromatic heterocycles. The molecular formula is C19H28N6O2. The molecule has 1 amide bonds. The van der Waals surface area contributed by atoms with Crippen LogP contribution in [0, 0.1) is 5.92 Å².